The van der Waals surface area contributed by atoms with Crippen molar-refractivity contribution in [3.05, 3.63) is 48.5 Å². The first kappa shape index (κ1) is 30.5. The second-order valence-electron chi connectivity index (χ2n) is 10.7. The van der Waals surface area contributed by atoms with E-state index in [0.717, 1.165) is 5.69 Å². The lowest BCUT2D eigenvalue weighted by molar-refractivity contribution is -0.134. The lowest BCUT2D eigenvalue weighted by Crippen LogP contribution is -2.37. The highest BCUT2D eigenvalue weighted by molar-refractivity contribution is 7.98. The summed E-state index contributed by atoms with van der Waals surface area (Å²) in [5.74, 6) is -3.46. The fourth-order valence-corrected chi connectivity index (χ4v) is 7.08. The molecule has 1 heterocycles. The van der Waals surface area contributed by atoms with Gasteiger partial charge in [0.1, 0.15) is 12.0 Å². The van der Waals surface area contributed by atoms with Gasteiger partial charge in [-0.1, -0.05) is 34.6 Å². The van der Waals surface area contributed by atoms with Gasteiger partial charge in [0, 0.05) is 34.8 Å². The molecule has 39 heavy (non-hydrogen) atoms. The Hall–Kier alpha value is -3.05. The summed E-state index contributed by atoms with van der Waals surface area (Å²) in [6, 6.07) is 10.3. The van der Waals surface area contributed by atoms with Crippen molar-refractivity contribution in [3.63, 3.8) is 0 Å². The molecule has 0 saturated heterocycles. The van der Waals surface area contributed by atoms with E-state index in [9.17, 15) is 22.4 Å². The molecule has 11 heteroatoms. The number of benzene rings is 2. The Kier molecular flexibility index (Phi) is 9.06. The van der Waals surface area contributed by atoms with E-state index >= 15 is 0 Å². The number of carbonyl (C=O) groups excluding carboxylic acids is 1. The molecule has 0 aromatic heterocycles. The smallest absolute Gasteiger partial charge is 0.368 e. The number of aliphatic carboxylic acids is 1. The monoisotopic (exact) mass is 578 g/mol. The first-order valence-corrected chi connectivity index (χ1v) is 15.4. The van der Waals surface area contributed by atoms with Gasteiger partial charge in [-0.2, -0.15) is 4.39 Å². The Labute approximate surface area is 233 Å². The minimum atomic E-state index is -3.81. The molecule has 3 rings (SSSR count). The van der Waals surface area contributed by atoms with Gasteiger partial charge in [-0.15, -0.1) is 11.8 Å². The van der Waals surface area contributed by atoms with Crippen molar-refractivity contribution in [2.75, 3.05) is 28.8 Å². The number of fused-ring (bicyclic) bond motifs is 1. The van der Waals surface area contributed by atoms with Gasteiger partial charge in [-0.3, -0.25) is 4.79 Å². The molecule has 1 amide bonds. The second kappa shape index (κ2) is 11.6. The first-order chi connectivity index (χ1) is 18.2. The molecule has 0 fully saturated rings. The molecule has 8 nitrogen and oxygen atoms in total. The van der Waals surface area contributed by atoms with E-state index < -0.39 is 32.5 Å². The van der Waals surface area contributed by atoms with Crippen LogP contribution in [-0.4, -0.2) is 44.0 Å². The zero-order valence-corrected chi connectivity index (χ0v) is 24.6. The van der Waals surface area contributed by atoms with Crippen LogP contribution < -0.4 is 15.0 Å². The minimum absolute atomic E-state index is 0.0216. The van der Waals surface area contributed by atoms with Crippen LogP contribution in [0, 0.1) is 10.8 Å². The lowest BCUT2D eigenvalue weighted by Gasteiger charge is -2.35. The number of anilines is 3. The highest BCUT2D eigenvalue weighted by Gasteiger charge is 2.41. The predicted octanol–water partition coefficient (Wildman–Crippen LogP) is 6.40. The average Bonchev–Trinajstić information content (AvgIpc) is 2.98. The van der Waals surface area contributed by atoms with Crippen molar-refractivity contribution >= 4 is 50.5 Å². The molecule has 0 unspecified atom stereocenters. The molecule has 0 bridgehead atoms. The van der Waals surface area contributed by atoms with Crippen LogP contribution in [0.25, 0.3) is 0 Å². The fourth-order valence-electron chi connectivity index (χ4n) is 4.31. The lowest BCUT2D eigenvalue weighted by atomic mass is 9.83. The number of amides is 1. The number of sulfone groups is 1. The third-order valence-corrected chi connectivity index (χ3v) is 9.72. The average molecular weight is 579 g/mol. The van der Waals surface area contributed by atoms with E-state index in [1.165, 1.54) is 17.8 Å². The highest BCUT2D eigenvalue weighted by atomic mass is 32.2. The number of hydrogen-bond donors (Lipinski definition) is 2. The predicted molar refractivity (Wildman–Crippen MR) is 152 cm³/mol. The van der Waals surface area contributed by atoms with E-state index in [0.29, 0.717) is 41.9 Å². The van der Waals surface area contributed by atoms with E-state index in [4.69, 9.17) is 9.84 Å². The largest absolute Gasteiger partial charge is 0.476 e. The summed E-state index contributed by atoms with van der Waals surface area (Å²) in [6.45, 7) is 9.86. The van der Waals surface area contributed by atoms with Crippen molar-refractivity contribution in [1.29, 1.82) is 0 Å². The Morgan fingerprint density at radius 3 is 2.31 bits per heavy atom. The zero-order chi connectivity index (χ0) is 29.2. The number of rotatable bonds is 8. The fraction of sp³-hybridized carbons (Fsp3) is 0.429. The van der Waals surface area contributed by atoms with Crippen molar-refractivity contribution in [3.8, 4) is 5.75 Å². The van der Waals surface area contributed by atoms with Crippen molar-refractivity contribution in [1.82, 2.24) is 0 Å². The highest BCUT2D eigenvalue weighted by Crippen LogP contribution is 2.47. The number of carboxylic acids is 1. The van der Waals surface area contributed by atoms with Crippen LogP contribution in [0.2, 0.25) is 0 Å². The molecule has 2 aromatic rings. The third kappa shape index (κ3) is 6.75. The van der Waals surface area contributed by atoms with Crippen molar-refractivity contribution in [2.24, 2.45) is 10.8 Å². The van der Waals surface area contributed by atoms with E-state index in [2.05, 4.69) is 5.32 Å². The van der Waals surface area contributed by atoms with E-state index in [1.807, 2.05) is 51.7 Å². The number of nitrogens with one attached hydrogen (secondary N) is 1. The van der Waals surface area contributed by atoms with Gasteiger partial charge in [-0.25, -0.2) is 13.2 Å². The summed E-state index contributed by atoms with van der Waals surface area (Å²) >= 11 is 1.26. The minimum Gasteiger partial charge on any atom is -0.476 e. The van der Waals surface area contributed by atoms with E-state index in [1.54, 1.807) is 24.5 Å². The molecule has 1 aliphatic heterocycles. The SMILES string of the molecule is CCC1(CC)CN(c2ccc(NC(=O)C(C)(C)C)cc2)c2cc(SC)c(O/C=C(\F)C(=O)O)cc2S(=O)(=O)C1. The van der Waals surface area contributed by atoms with E-state index in [-0.39, 0.29) is 22.3 Å². The summed E-state index contributed by atoms with van der Waals surface area (Å²) in [6.07, 6.45) is 3.46. The third-order valence-electron chi connectivity index (χ3n) is 6.97. The molecule has 0 radical (unpaired) electrons. The van der Waals surface area contributed by atoms with Gasteiger partial charge in [0.25, 0.3) is 0 Å². The Morgan fingerprint density at radius 2 is 1.79 bits per heavy atom. The van der Waals surface area contributed by atoms with Gasteiger partial charge in [-0.05, 0) is 49.4 Å². The maximum absolute atomic E-state index is 13.8. The van der Waals surface area contributed by atoms with Crippen molar-refractivity contribution < 1.29 is 32.2 Å². The normalized spacial score (nSPS) is 16.7. The van der Waals surface area contributed by atoms with Gasteiger partial charge >= 0.3 is 5.97 Å². The van der Waals surface area contributed by atoms with Crippen LogP contribution in [0.15, 0.2) is 58.3 Å². The van der Waals surface area contributed by atoms with Crippen molar-refractivity contribution in [2.45, 2.75) is 57.3 Å². The number of ether oxygens (including phenoxy) is 1. The zero-order valence-electron chi connectivity index (χ0n) is 23.0. The van der Waals surface area contributed by atoms with Gasteiger partial charge in [0.2, 0.25) is 11.7 Å². The molecule has 2 N–H and O–H groups in total. The Balaban J connectivity index is 2.17. The summed E-state index contributed by atoms with van der Waals surface area (Å²) in [5, 5.41) is 11.7. The quantitative estimate of drug-likeness (QED) is 0.210. The molecule has 0 atom stereocenters. The topological polar surface area (TPSA) is 113 Å². The summed E-state index contributed by atoms with van der Waals surface area (Å²) < 4.78 is 46.5. The molecule has 0 saturated carbocycles. The number of nitrogens with zero attached hydrogens (tertiary/aromatic N) is 1. The number of carbonyl (C=O) groups is 2. The summed E-state index contributed by atoms with van der Waals surface area (Å²) in [5.41, 5.74) is 0.706. The maximum Gasteiger partial charge on any atom is 0.368 e. The van der Waals surface area contributed by atoms with Crippen LogP contribution in [0.5, 0.6) is 5.75 Å². The molecular formula is C28H35FN2O6S2. The van der Waals surface area contributed by atoms with Gasteiger partial charge in [0.15, 0.2) is 9.84 Å². The maximum atomic E-state index is 13.8. The van der Waals surface area contributed by atoms with Crippen LogP contribution in [0.1, 0.15) is 47.5 Å². The van der Waals surface area contributed by atoms with Gasteiger partial charge < -0.3 is 20.1 Å². The van der Waals surface area contributed by atoms with Crippen LogP contribution in [0.3, 0.4) is 0 Å². The Bertz CT molecular complexity index is 1380. The first-order valence-electron chi connectivity index (χ1n) is 12.6. The van der Waals surface area contributed by atoms with Gasteiger partial charge in [0.05, 0.1) is 21.2 Å². The molecule has 2 aromatic carbocycles. The molecule has 0 aliphatic carbocycles. The summed E-state index contributed by atoms with van der Waals surface area (Å²) in [4.78, 5) is 25.8. The number of carboxylic acid groups (broad SMARTS) is 1. The molecule has 212 valence electrons. The molecule has 1 aliphatic rings. The molecular weight excluding hydrogens is 543 g/mol. The molecule has 0 spiro atoms. The standard InChI is InChI=1S/C28H35FN2O6S2/c1-7-28(8-2)16-31(19-11-9-18(10-12-19)30-26(34)27(3,4)5)21-13-23(38-6)22(37-15-20(29)25(32)33)14-24(21)39(35,36)17-28/h9-15H,7-8,16-17H2,1-6H3,(H,30,34)(H,32,33)/b20-15-. The number of hydrogen-bond acceptors (Lipinski definition) is 7. The second-order valence-corrected chi connectivity index (χ2v) is 13.5. The number of thioether (sulfide) groups is 1. The number of halogens is 1. The summed E-state index contributed by atoms with van der Waals surface area (Å²) in [7, 11) is -3.81. The Morgan fingerprint density at radius 1 is 1.18 bits per heavy atom. The van der Waals surface area contributed by atoms with Crippen LogP contribution in [0.4, 0.5) is 21.5 Å². The van der Waals surface area contributed by atoms with Crippen LogP contribution in [-0.2, 0) is 19.4 Å². The van der Waals surface area contributed by atoms with Crippen LogP contribution >= 0.6 is 11.8 Å².